The Balaban J connectivity index is 1.73. The van der Waals surface area contributed by atoms with Crippen LogP contribution >= 0.6 is 0 Å². The van der Waals surface area contributed by atoms with Crippen LogP contribution in [0.15, 0.2) is 30.3 Å². The molecule has 0 saturated carbocycles. The second-order valence-electron chi connectivity index (χ2n) is 6.04. The summed E-state index contributed by atoms with van der Waals surface area (Å²) in [6.45, 7) is 5.54. The van der Waals surface area contributed by atoms with Gasteiger partial charge < -0.3 is 15.0 Å². The van der Waals surface area contributed by atoms with Gasteiger partial charge in [-0.3, -0.25) is 4.79 Å². The second kappa shape index (κ2) is 8.56. The van der Waals surface area contributed by atoms with Gasteiger partial charge in [-0.05, 0) is 31.2 Å². The van der Waals surface area contributed by atoms with Crippen LogP contribution in [0.5, 0.6) is 0 Å². The first-order valence-electron chi connectivity index (χ1n) is 8.36. The highest BCUT2D eigenvalue weighted by atomic mass is 16.6. The molecular formula is C18H26N2O3. The Morgan fingerprint density at radius 3 is 2.52 bits per heavy atom. The minimum atomic E-state index is -0.255. The van der Waals surface area contributed by atoms with E-state index in [1.807, 2.05) is 18.2 Å². The van der Waals surface area contributed by atoms with E-state index in [2.05, 4.69) is 24.4 Å². The van der Waals surface area contributed by atoms with E-state index >= 15 is 0 Å². The van der Waals surface area contributed by atoms with Crippen LogP contribution in [0.1, 0.15) is 44.6 Å². The number of hydrogen-bond acceptors (Lipinski definition) is 3. The van der Waals surface area contributed by atoms with Crippen LogP contribution in [0.4, 0.5) is 4.79 Å². The summed E-state index contributed by atoms with van der Waals surface area (Å²) >= 11 is 0. The first-order valence-corrected chi connectivity index (χ1v) is 8.36. The van der Waals surface area contributed by atoms with Gasteiger partial charge in [-0.15, -0.1) is 0 Å². The lowest BCUT2D eigenvalue weighted by Crippen LogP contribution is -2.46. The molecule has 5 nitrogen and oxygen atoms in total. The van der Waals surface area contributed by atoms with E-state index < -0.39 is 0 Å². The number of nitrogens with zero attached hydrogens (tertiary/aromatic N) is 1. The minimum absolute atomic E-state index is 0.0796. The van der Waals surface area contributed by atoms with Gasteiger partial charge in [0.15, 0.2) is 0 Å². The van der Waals surface area contributed by atoms with Crippen molar-refractivity contribution in [3.63, 3.8) is 0 Å². The summed E-state index contributed by atoms with van der Waals surface area (Å²) in [4.78, 5) is 25.5. The zero-order chi connectivity index (χ0) is 16.7. The molecule has 1 unspecified atom stereocenters. The zero-order valence-electron chi connectivity index (χ0n) is 14.0. The standard InChI is InChI=1S/C18H26N2O3/c1-3-23-18(22)20-11-9-16(10-12-20)19-17(21)13-14(2)15-7-5-4-6-8-15/h4-8,14,16H,3,9-13H2,1-2H3,(H,19,21). The van der Waals surface area contributed by atoms with Gasteiger partial charge in [0.1, 0.15) is 0 Å². The zero-order valence-corrected chi connectivity index (χ0v) is 14.0. The lowest BCUT2D eigenvalue weighted by molar-refractivity contribution is -0.122. The Morgan fingerprint density at radius 1 is 1.26 bits per heavy atom. The van der Waals surface area contributed by atoms with E-state index in [4.69, 9.17) is 4.74 Å². The Labute approximate surface area is 138 Å². The summed E-state index contributed by atoms with van der Waals surface area (Å²) in [5.41, 5.74) is 1.18. The van der Waals surface area contributed by atoms with E-state index in [0.717, 1.165) is 12.8 Å². The lowest BCUT2D eigenvalue weighted by Gasteiger charge is -2.31. The van der Waals surface area contributed by atoms with Crippen molar-refractivity contribution in [1.29, 1.82) is 0 Å². The summed E-state index contributed by atoms with van der Waals surface area (Å²) < 4.78 is 5.00. The minimum Gasteiger partial charge on any atom is -0.450 e. The number of carbonyl (C=O) groups excluding carboxylic acids is 2. The van der Waals surface area contributed by atoms with Gasteiger partial charge in [0, 0.05) is 25.6 Å². The fourth-order valence-electron chi connectivity index (χ4n) is 2.89. The molecule has 0 aliphatic carbocycles. The van der Waals surface area contributed by atoms with Gasteiger partial charge in [0.25, 0.3) is 0 Å². The molecule has 1 atom stereocenters. The van der Waals surface area contributed by atoms with Crippen LogP contribution in [0.3, 0.4) is 0 Å². The third-order valence-electron chi connectivity index (χ3n) is 4.25. The summed E-state index contributed by atoms with van der Waals surface area (Å²) in [5, 5.41) is 3.09. The number of likely N-dealkylation sites (tertiary alicyclic amines) is 1. The van der Waals surface area contributed by atoms with Gasteiger partial charge in [0.2, 0.25) is 5.91 Å². The average molecular weight is 318 g/mol. The molecule has 1 aliphatic rings. The van der Waals surface area contributed by atoms with Crippen LogP contribution < -0.4 is 5.32 Å². The predicted molar refractivity (Wildman–Crippen MR) is 89.2 cm³/mol. The number of rotatable bonds is 5. The highest BCUT2D eigenvalue weighted by Crippen LogP contribution is 2.19. The molecule has 1 fully saturated rings. The molecule has 1 heterocycles. The summed E-state index contributed by atoms with van der Waals surface area (Å²) in [7, 11) is 0. The smallest absolute Gasteiger partial charge is 0.409 e. The molecule has 23 heavy (non-hydrogen) atoms. The van der Waals surface area contributed by atoms with Gasteiger partial charge in [-0.25, -0.2) is 4.79 Å². The molecule has 1 aliphatic heterocycles. The monoisotopic (exact) mass is 318 g/mol. The van der Waals surface area contributed by atoms with Gasteiger partial charge >= 0.3 is 6.09 Å². The third kappa shape index (κ3) is 5.27. The van der Waals surface area contributed by atoms with Crippen molar-refractivity contribution in [3.8, 4) is 0 Å². The summed E-state index contributed by atoms with van der Waals surface area (Å²) in [5.74, 6) is 0.284. The first kappa shape index (κ1) is 17.3. The van der Waals surface area contributed by atoms with E-state index in [-0.39, 0.29) is 24.0 Å². The van der Waals surface area contributed by atoms with Gasteiger partial charge in [0.05, 0.1) is 6.61 Å². The summed E-state index contributed by atoms with van der Waals surface area (Å²) in [6, 6.07) is 10.2. The number of piperidine rings is 1. The Hall–Kier alpha value is -2.04. The van der Waals surface area contributed by atoms with Crippen LogP contribution in [0.25, 0.3) is 0 Å². The maximum Gasteiger partial charge on any atom is 0.409 e. The van der Waals surface area contributed by atoms with E-state index in [1.165, 1.54) is 5.56 Å². The molecule has 2 rings (SSSR count). The van der Waals surface area contributed by atoms with Crippen molar-refractivity contribution < 1.29 is 14.3 Å². The van der Waals surface area contributed by atoms with Crippen LogP contribution in [-0.2, 0) is 9.53 Å². The van der Waals surface area contributed by atoms with Crippen LogP contribution in [0.2, 0.25) is 0 Å². The molecule has 5 heteroatoms. The van der Waals surface area contributed by atoms with Crippen molar-refractivity contribution in [2.24, 2.45) is 0 Å². The molecule has 1 aromatic rings. The molecule has 0 radical (unpaired) electrons. The molecule has 1 aromatic carbocycles. The molecule has 0 bridgehead atoms. The van der Waals surface area contributed by atoms with Crippen molar-refractivity contribution in [2.45, 2.75) is 45.1 Å². The Morgan fingerprint density at radius 2 is 1.91 bits per heavy atom. The second-order valence-corrected chi connectivity index (χ2v) is 6.04. The van der Waals surface area contributed by atoms with Crippen molar-refractivity contribution in [1.82, 2.24) is 10.2 Å². The van der Waals surface area contributed by atoms with Gasteiger partial charge in [-0.1, -0.05) is 37.3 Å². The number of carbonyl (C=O) groups is 2. The number of hydrogen-bond donors (Lipinski definition) is 1. The number of benzene rings is 1. The van der Waals surface area contributed by atoms with E-state index in [9.17, 15) is 9.59 Å². The maximum absolute atomic E-state index is 12.2. The van der Waals surface area contributed by atoms with Crippen LogP contribution in [0, 0.1) is 0 Å². The maximum atomic E-state index is 12.2. The van der Waals surface area contributed by atoms with Crippen molar-refractivity contribution in [2.75, 3.05) is 19.7 Å². The molecule has 0 aromatic heterocycles. The van der Waals surface area contributed by atoms with Crippen LogP contribution in [-0.4, -0.2) is 42.6 Å². The normalized spacial score (nSPS) is 16.7. The van der Waals surface area contributed by atoms with E-state index in [1.54, 1.807) is 11.8 Å². The lowest BCUT2D eigenvalue weighted by atomic mass is 9.97. The SMILES string of the molecule is CCOC(=O)N1CCC(NC(=O)CC(C)c2ccccc2)CC1. The van der Waals surface area contributed by atoms with Gasteiger partial charge in [-0.2, -0.15) is 0 Å². The number of ether oxygens (including phenoxy) is 1. The van der Waals surface area contributed by atoms with Crippen molar-refractivity contribution >= 4 is 12.0 Å². The predicted octanol–water partition coefficient (Wildman–Crippen LogP) is 2.92. The fraction of sp³-hybridized carbons (Fsp3) is 0.556. The molecule has 126 valence electrons. The number of nitrogens with one attached hydrogen (secondary N) is 1. The largest absolute Gasteiger partial charge is 0.450 e. The average Bonchev–Trinajstić information content (AvgIpc) is 2.56. The quantitative estimate of drug-likeness (QED) is 0.908. The highest BCUT2D eigenvalue weighted by molar-refractivity contribution is 5.77. The highest BCUT2D eigenvalue weighted by Gasteiger charge is 2.24. The van der Waals surface area contributed by atoms with Crippen molar-refractivity contribution in [3.05, 3.63) is 35.9 Å². The Bertz CT molecular complexity index is 510. The topological polar surface area (TPSA) is 58.6 Å². The molecule has 2 amide bonds. The molecular weight excluding hydrogens is 292 g/mol. The van der Waals surface area contributed by atoms with E-state index in [0.29, 0.717) is 26.1 Å². The number of amides is 2. The molecule has 0 spiro atoms. The molecule has 1 N–H and O–H groups in total. The fourth-order valence-corrected chi connectivity index (χ4v) is 2.89. The summed E-state index contributed by atoms with van der Waals surface area (Å²) in [6.07, 6.45) is 1.80. The Kier molecular flexibility index (Phi) is 6.44. The molecule has 1 saturated heterocycles. The first-order chi connectivity index (χ1) is 11.1. The third-order valence-corrected chi connectivity index (χ3v) is 4.25.